The molecule has 3 heteroatoms. The summed E-state index contributed by atoms with van der Waals surface area (Å²) in [6, 6.07) is 0. The highest BCUT2D eigenvalue weighted by atomic mass is 35.5. The molecule has 0 unspecified atom stereocenters. The SMILES string of the molecule is Cl.OC[C@@H]1C[C@H]2CNC[C@@H]12. The lowest BCUT2D eigenvalue weighted by Gasteiger charge is -2.38. The molecule has 0 amide bonds. The second-order valence-electron chi connectivity index (χ2n) is 3.26. The second kappa shape index (κ2) is 3.07. The normalized spacial score (nSPS) is 43.5. The van der Waals surface area contributed by atoms with Crippen molar-refractivity contribution in [2.24, 2.45) is 17.8 Å². The Labute approximate surface area is 67.4 Å². The molecule has 0 radical (unpaired) electrons. The Bertz CT molecular complexity index is 120. The fraction of sp³-hybridized carbons (Fsp3) is 1.00. The average molecular weight is 164 g/mol. The Balaban J connectivity index is 0.000000500. The number of hydrogen-bond donors (Lipinski definition) is 2. The highest BCUT2D eigenvalue weighted by Crippen LogP contribution is 2.41. The zero-order chi connectivity index (χ0) is 6.27. The van der Waals surface area contributed by atoms with E-state index in [1.807, 2.05) is 0 Å². The molecule has 2 N–H and O–H groups in total. The Kier molecular flexibility index (Phi) is 2.55. The van der Waals surface area contributed by atoms with E-state index in [0.29, 0.717) is 12.5 Å². The Morgan fingerprint density at radius 2 is 2.20 bits per heavy atom. The quantitative estimate of drug-likeness (QED) is 0.581. The third-order valence-electron chi connectivity index (χ3n) is 2.84. The second-order valence-corrected chi connectivity index (χ2v) is 3.26. The molecule has 3 atom stereocenters. The maximum atomic E-state index is 8.81. The minimum absolute atomic E-state index is 0. The van der Waals surface area contributed by atoms with Crippen molar-refractivity contribution in [3.05, 3.63) is 0 Å². The smallest absolute Gasteiger partial charge is 0.0462 e. The van der Waals surface area contributed by atoms with Gasteiger partial charge < -0.3 is 10.4 Å². The van der Waals surface area contributed by atoms with Gasteiger partial charge in [0, 0.05) is 6.61 Å². The molecule has 2 aliphatic rings. The molecule has 0 spiro atoms. The van der Waals surface area contributed by atoms with Crippen molar-refractivity contribution in [2.45, 2.75) is 6.42 Å². The summed E-state index contributed by atoms with van der Waals surface area (Å²) in [5.74, 6) is 2.35. The van der Waals surface area contributed by atoms with Crippen LogP contribution in [0.1, 0.15) is 6.42 Å². The van der Waals surface area contributed by atoms with Crippen LogP contribution in [0.15, 0.2) is 0 Å². The van der Waals surface area contributed by atoms with E-state index in [4.69, 9.17) is 5.11 Å². The topological polar surface area (TPSA) is 32.3 Å². The highest BCUT2D eigenvalue weighted by Gasteiger charge is 2.42. The first-order valence-electron chi connectivity index (χ1n) is 3.73. The molecule has 0 bridgehead atoms. The molecule has 1 heterocycles. The Morgan fingerprint density at radius 3 is 2.80 bits per heavy atom. The van der Waals surface area contributed by atoms with Crippen LogP contribution in [0.5, 0.6) is 0 Å². The van der Waals surface area contributed by atoms with Crippen molar-refractivity contribution in [3.8, 4) is 0 Å². The van der Waals surface area contributed by atoms with Crippen LogP contribution in [-0.2, 0) is 0 Å². The van der Waals surface area contributed by atoms with E-state index in [9.17, 15) is 0 Å². The predicted octanol–water partition coefficient (Wildman–Crippen LogP) is 0.256. The van der Waals surface area contributed by atoms with E-state index in [0.717, 1.165) is 18.4 Å². The minimum atomic E-state index is 0. The molecular weight excluding hydrogens is 150 g/mol. The van der Waals surface area contributed by atoms with Gasteiger partial charge in [-0.05, 0) is 37.3 Å². The van der Waals surface area contributed by atoms with Gasteiger partial charge in [-0.3, -0.25) is 0 Å². The Hall–Kier alpha value is 0.210. The molecule has 1 saturated carbocycles. The summed E-state index contributed by atoms with van der Waals surface area (Å²) in [7, 11) is 0. The van der Waals surface area contributed by atoms with Crippen molar-refractivity contribution >= 4 is 12.4 Å². The van der Waals surface area contributed by atoms with Crippen LogP contribution in [-0.4, -0.2) is 24.8 Å². The number of rotatable bonds is 1. The lowest BCUT2D eigenvalue weighted by Crippen LogP contribution is -2.37. The van der Waals surface area contributed by atoms with Gasteiger partial charge in [0.15, 0.2) is 0 Å². The van der Waals surface area contributed by atoms with Crippen LogP contribution in [0.25, 0.3) is 0 Å². The zero-order valence-corrected chi connectivity index (χ0v) is 6.73. The summed E-state index contributed by atoms with van der Waals surface area (Å²) in [5.41, 5.74) is 0. The molecule has 1 aliphatic heterocycles. The van der Waals surface area contributed by atoms with Crippen molar-refractivity contribution < 1.29 is 5.11 Å². The van der Waals surface area contributed by atoms with Crippen molar-refractivity contribution in [3.63, 3.8) is 0 Å². The number of fused-ring (bicyclic) bond motifs is 1. The molecule has 2 fully saturated rings. The summed E-state index contributed by atoms with van der Waals surface area (Å²) >= 11 is 0. The lowest BCUT2D eigenvalue weighted by molar-refractivity contribution is 0.0579. The number of aliphatic hydroxyl groups excluding tert-OH is 1. The van der Waals surface area contributed by atoms with Crippen molar-refractivity contribution in [2.75, 3.05) is 19.7 Å². The molecule has 1 aliphatic carbocycles. The third-order valence-corrected chi connectivity index (χ3v) is 2.84. The largest absolute Gasteiger partial charge is 0.396 e. The molecule has 0 aromatic rings. The van der Waals surface area contributed by atoms with E-state index in [1.165, 1.54) is 13.0 Å². The standard InChI is InChI=1S/C7H13NO.ClH/c9-4-6-1-5-2-8-3-7(5)6;/h5-9H,1-4H2;1H/t5-,6-,7+;/m0./s1. The van der Waals surface area contributed by atoms with Gasteiger partial charge in [-0.1, -0.05) is 0 Å². The maximum absolute atomic E-state index is 8.81. The van der Waals surface area contributed by atoms with Crippen LogP contribution < -0.4 is 5.32 Å². The number of nitrogens with one attached hydrogen (secondary N) is 1. The lowest BCUT2D eigenvalue weighted by atomic mass is 9.67. The van der Waals surface area contributed by atoms with Gasteiger partial charge >= 0.3 is 0 Å². The molecule has 0 aromatic heterocycles. The average Bonchev–Trinajstić information content (AvgIpc) is 2.14. The summed E-state index contributed by atoms with van der Waals surface area (Å²) in [4.78, 5) is 0. The molecule has 1 saturated heterocycles. The van der Waals surface area contributed by atoms with E-state index >= 15 is 0 Å². The molecular formula is C7H14ClNO. The maximum Gasteiger partial charge on any atom is 0.0462 e. The number of aliphatic hydroxyl groups is 1. The van der Waals surface area contributed by atoms with E-state index < -0.39 is 0 Å². The summed E-state index contributed by atoms with van der Waals surface area (Å²) in [5, 5.41) is 12.1. The minimum Gasteiger partial charge on any atom is -0.396 e. The predicted molar refractivity (Wildman–Crippen MR) is 42.3 cm³/mol. The molecule has 0 aromatic carbocycles. The van der Waals surface area contributed by atoms with Crippen LogP contribution >= 0.6 is 12.4 Å². The fourth-order valence-electron chi connectivity index (χ4n) is 2.14. The van der Waals surface area contributed by atoms with Crippen molar-refractivity contribution in [1.82, 2.24) is 5.32 Å². The first-order chi connectivity index (χ1) is 4.42. The van der Waals surface area contributed by atoms with Gasteiger partial charge in [-0.25, -0.2) is 0 Å². The third kappa shape index (κ3) is 1.04. The van der Waals surface area contributed by atoms with Gasteiger partial charge in [-0.15, -0.1) is 12.4 Å². The Morgan fingerprint density at radius 1 is 1.40 bits per heavy atom. The number of hydrogen-bond acceptors (Lipinski definition) is 2. The van der Waals surface area contributed by atoms with Crippen LogP contribution in [0.3, 0.4) is 0 Å². The van der Waals surface area contributed by atoms with Gasteiger partial charge in [0.05, 0.1) is 0 Å². The number of halogens is 1. The molecule has 60 valence electrons. The van der Waals surface area contributed by atoms with Gasteiger partial charge in [0.1, 0.15) is 0 Å². The first kappa shape index (κ1) is 8.31. The van der Waals surface area contributed by atoms with Crippen LogP contribution in [0.2, 0.25) is 0 Å². The van der Waals surface area contributed by atoms with E-state index in [-0.39, 0.29) is 12.4 Å². The summed E-state index contributed by atoms with van der Waals surface area (Å²) in [6.07, 6.45) is 1.26. The summed E-state index contributed by atoms with van der Waals surface area (Å²) in [6.45, 7) is 2.75. The van der Waals surface area contributed by atoms with Gasteiger partial charge in [0.2, 0.25) is 0 Å². The van der Waals surface area contributed by atoms with Crippen molar-refractivity contribution in [1.29, 1.82) is 0 Å². The fourth-order valence-corrected chi connectivity index (χ4v) is 2.14. The van der Waals surface area contributed by atoms with Crippen LogP contribution in [0, 0.1) is 17.8 Å². The first-order valence-corrected chi connectivity index (χ1v) is 3.73. The zero-order valence-electron chi connectivity index (χ0n) is 5.92. The van der Waals surface area contributed by atoms with Gasteiger partial charge in [0.25, 0.3) is 0 Å². The highest BCUT2D eigenvalue weighted by molar-refractivity contribution is 5.85. The molecule has 2 rings (SSSR count). The summed E-state index contributed by atoms with van der Waals surface area (Å²) < 4.78 is 0. The van der Waals surface area contributed by atoms with E-state index in [1.54, 1.807) is 0 Å². The van der Waals surface area contributed by atoms with Gasteiger partial charge in [-0.2, -0.15) is 0 Å². The monoisotopic (exact) mass is 163 g/mol. The molecule has 10 heavy (non-hydrogen) atoms. The molecule has 2 nitrogen and oxygen atoms in total. The van der Waals surface area contributed by atoms with E-state index in [2.05, 4.69) is 5.32 Å². The van der Waals surface area contributed by atoms with Crippen LogP contribution in [0.4, 0.5) is 0 Å².